The lowest BCUT2D eigenvalue weighted by molar-refractivity contribution is 0.556. The van der Waals surface area contributed by atoms with Crippen molar-refractivity contribution in [2.24, 2.45) is 0 Å². The van der Waals surface area contributed by atoms with Gasteiger partial charge in [-0.3, -0.25) is 0 Å². The van der Waals surface area contributed by atoms with Crippen LogP contribution in [0.2, 0.25) is 0 Å². The van der Waals surface area contributed by atoms with E-state index in [0.717, 1.165) is 23.5 Å². The quantitative estimate of drug-likeness (QED) is 0.137. The molecular formula is C26H39ClO2P2. The van der Waals surface area contributed by atoms with Crippen molar-refractivity contribution in [3.05, 3.63) is 60.7 Å². The van der Waals surface area contributed by atoms with Crippen LogP contribution in [0.25, 0.3) is 0 Å². The molecule has 0 aliphatic rings. The van der Waals surface area contributed by atoms with Gasteiger partial charge in [-0.05, 0) is 6.42 Å². The molecule has 0 aliphatic carbocycles. The van der Waals surface area contributed by atoms with E-state index in [9.17, 15) is 9.13 Å². The molecule has 0 saturated carbocycles. The fourth-order valence-corrected chi connectivity index (χ4v) is 12.7. The van der Waals surface area contributed by atoms with Gasteiger partial charge in [-0.25, -0.2) is 0 Å². The molecule has 2 aromatic rings. The first-order valence-electron chi connectivity index (χ1n) is 11.9. The number of hydrogen-bond acceptors (Lipinski definition) is 2. The van der Waals surface area contributed by atoms with Crippen LogP contribution in [0, 0.1) is 0 Å². The van der Waals surface area contributed by atoms with E-state index in [1.807, 2.05) is 60.7 Å². The summed E-state index contributed by atoms with van der Waals surface area (Å²) in [6.45, 7) is 2.25. The Morgan fingerprint density at radius 1 is 0.645 bits per heavy atom. The number of benzene rings is 2. The molecule has 31 heavy (non-hydrogen) atoms. The first-order valence-corrected chi connectivity index (χ1v) is 16.6. The maximum atomic E-state index is 14.2. The van der Waals surface area contributed by atoms with E-state index in [2.05, 4.69) is 6.92 Å². The van der Waals surface area contributed by atoms with Crippen LogP contribution in [0.4, 0.5) is 0 Å². The van der Waals surface area contributed by atoms with Gasteiger partial charge < -0.3 is 9.13 Å². The molecule has 0 fully saturated rings. The predicted molar refractivity (Wildman–Crippen MR) is 140 cm³/mol. The maximum Gasteiger partial charge on any atom is 0.150 e. The Hall–Kier alpha value is -0.810. The van der Waals surface area contributed by atoms with E-state index >= 15 is 0 Å². The summed E-state index contributed by atoms with van der Waals surface area (Å²) >= 11 is 6.23. The Morgan fingerprint density at radius 2 is 1.06 bits per heavy atom. The summed E-state index contributed by atoms with van der Waals surface area (Å²) in [7, 11) is -5.71. The largest absolute Gasteiger partial charge is 0.322 e. The van der Waals surface area contributed by atoms with Gasteiger partial charge in [0.05, 0.1) is 11.5 Å². The highest BCUT2D eigenvalue weighted by Crippen LogP contribution is 2.61. The van der Waals surface area contributed by atoms with E-state index in [-0.39, 0.29) is 11.5 Å². The SMILES string of the molecule is CCCCCCCCCCCCP(=O)(CCl)CP(=O)(c1ccccc1)c1ccccc1. The highest BCUT2D eigenvalue weighted by molar-refractivity contribution is 7.89. The second kappa shape index (κ2) is 14.4. The fraction of sp³-hybridized carbons (Fsp3) is 0.538. The number of alkyl halides is 1. The molecule has 1 unspecified atom stereocenters. The monoisotopic (exact) mass is 480 g/mol. The molecule has 1 atom stereocenters. The van der Waals surface area contributed by atoms with Crippen LogP contribution in [0.5, 0.6) is 0 Å². The lowest BCUT2D eigenvalue weighted by Crippen LogP contribution is -2.19. The molecule has 5 heteroatoms. The Bertz CT molecular complexity index is 780. The van der Waals surface area contributed by atoms with Gasteiger partial charge in [-0.1, -0.05) is 125 Å². The second-order valence-electron chi connectivity index (χ2n) is 8.64. The van der Waals surface area contributed by atoms with Crippen molar-refractivity contribution in [2.75, 3.05) is 17.7 Å². The van der Waals surface area contributed by atoms with Crippen molar-refractivity contribution in [3.8, 4) is 0 Å². The highest BCUT2D eigenvalue weighted by atomic mass is 35.5. The van der Waals surface area contributed by atoms with E-state index < -0.39 is 14.3 Å². The van der Waals surface area contributed by atoms with Crippen LogP contribution in [-0.2, 0) is 9.13 Å². The zero-order valence-electron chi connectivity index (χ0n) is 19.1. The maximum absolute atomic E-state index is 14.2. The average Bonchev–Trinajstić information content (AvgIpc) is 2.81. The summed E-state index contributed by atoms with van der Waals surface area (Å²) in [5, 5.41) is 1.55. The van der Waals surface area contributed by atoms with E-state index in [0.29, 0.717) is 6.16 Å². The van der Waals surface area contributed by atoms with Gasteiger partial charge in [0.25, 0.3) is 0 Å². The number of halogens is 1. The van der Waals surface area contributed by atoms with Gasteiger partial charge in [0.1, 0.15) is 14.3 Å². The fourth-order valence-electron chi connectivity index (χ4n) is 4.07. The third-order valence-corrected chi connectivity index (χ3v) is 14.7. The third kappa shape index (κ3) is 8.92. The summed E-state index contributed by atoms with van der Waals surface area (Å²) in [5.74, 6) is 0.189. The Balaban J connectivity index is 1.92. The molecule has 0 aliphatic heterocycles. The first kappa shape index (κ1) is 26.4. The minimum absolute atomic E-state index is 0.105. The molecule has 2 nitrogen and oxygen atoms in total. The summed E-state index contributed by atoms with van der Waals surface area (Å²) in [4.78, 5) is 0. The van der Waals surface area contributed by atoms with Gasteiger partial charge in [-0.15, -0.1) is 11.6 Å². The minimum atomic E-state index is -2.99. The van der Waals surface area contributed by atoms with E-state index in [1.165, 1.54) is 51.4 Å². The van der Waals surface area contributed by atoms with Crippen LogP contribution < -0.4 is 10.6 Å². The second-order valence-corrected chi connectivity index (χ2v) is 15.8. The lowest BCUT2D eigenvalue weighted by atomic mass is 10.1. The number of hydrogen-bond donors (Lipinski definition) is 0. The lowest BCUT2D eigenvalue weighted by Gasteiger charge is -2.24. The van der Waals surface area contributed by atoms with Crippen molar-refractivity contribution in [2.45, 2.75) is 71.1 Å². The van der Waals surface area contributed by atoms with Crippen LogP contribution in [0.1, 0.15) is 71.1 Å². The van der Waals surface area contributed by atoms with Crippen molar-refractivity contribution in [1.82, 2.24) is 0 Å². The number of unbranched alkanes of at least 4 members (excludes halogenated alkanes) is 9. The smallest absolute Gasteiger partial charge is 0.150 e. The molecule has 0 N–H and O–H groups in total. The highest BCUT2D eigenvalue weighted by Gasteiger charge is 2.36. The zero-order valence-corrected chi connectivity index (χ0v) is 21.6. The first-order chi connectivity index (χ1) is 15.0. The van der Waals surface area contributed by atoms with Gasteiger partial charge >= 0.3 is 0 Å². The molecule has 0 spiro atoms. The molecule has 2 aromatic carbocycles. The predicted octanol–water partition coefficient (Wildman–Crippen LogP) is 8.44. The van der Waals surface area contributed by atoms with Gasteiger partial charge in [0.2, 0.25) is 0 Å². The van der Waals surface area contributed by atoms with Crippen molar-refractivity contribution >= 4 is 36.5 Å². The number of rotatable bonds is 16. The molecule has 172 valence electrons. The molecule has 0 saturated heterocycles. The van der Waals surface area contributed by atoms with Crippen molar-refractivity contribution in [3.63, 3.8) is 0 Å². The molecule has 0 amide bonds. The van der Waals surface area contributed by atoms with Crippen LogP contribution in [-0.4, -0.2) is 17.7 Å². The molecule has 0 aromatic heterocycles. The molecule has 0 radical (unpaired) electrons. The van der Waals surface area contributed by atoms with Gasteiger partial charge in [0, 0.05) is 16.8 Å². The topological polar surface area (TPSA) is 34.1 Å². The Labute approximate surface area is 194 Å². The normalized spacial score (nSPS) is 13.7. The minimum Gasteiger partial charge on any atom is -0.322 e. The summed E-state index contributed by atoms with van der Waals surface area (Å²) in [6, 6.07) is 19.0. The van der Waals surface area contributed by atoms with Crippen LogP contribution >= 0.6 is 25.9 Å². The van der Waals surface area contributed by atoms with Gasteiger partial charge in [-0.2, -0.15) is 0 Å². The Morgan fingerprint density at radius 3 is 1.48 bits per heavy atom. The van der Waals surface area contributed by atoms with Crippen LogP contribution in [0.15, 0.2) is 60.7 Å². The summed E-state index contributed by atoms with van der Waals surface area (Å²) in [6.07, 6.45) is 13.0. The third-order valence-electron chi connectivity index (χ3n) is 5.94. The summed E-state index contributed by atoms with van der Waals surface area (Å²) in [5.41, 5.74) is 0.105. The average molecular weight is 481 g/mol. The standard InChI is InChI=1S/C26H39ClO2P2/c1-2-3-4-5-6-7-8-9-10-17-22-30(28,23-27)24-31(29,25-18-13-11-14-19-25)26-20-15-12-16-21-26/h11-16,18-21H,2-10,17,22-24H2,1H3. The van der Waals surface area contributed by atoms with Crippen molar-refractivity contribution < 1.29 is 9.13 Å². The van der Waals surface area contributed by atoms with E-state index in [1.54, 1.807) is 0 Å². The van der Waals surface area contributed by atoms with Crippen LogP contribution in [0.3, 0.4) is 0 Å². The Kier molecular flexibility index (Phi) is 12.2. The molecule has 0 bridgehead atoms. The van der Waals surface area contributed by atoms with Crippen molar-refractivity contribution in [1.29, 1.82) is 0 Å². The zero-order chi connectivity index (χ0) is 22.4. The van der Waals surface area contributed by atoms with E-state index in [4.69, 9.17) is 11.6 Å². The molecule has 2 rings (SSSR count). The van der Waals surface area contributed by atoms with Gasteiger partial charge in [0.15, 0.2) is 0 Å². The molecule has 0 heterocycles. The molecular weight excluding hydrogens is 442 g/mol. The summed E-state index contributed by atoms with van der Waals surface area (Å²) < 4.78 is 27.9.